The summed E-state index contributed by atoms with van der Waals surface area (Å²) in [5.74, 6) is -0.129. The highest BCUT2D eigenvalue weighted by Gasteiger charge is 2.24. The van der Waals surface area contributed by atoms with Crippen molar-refractivity contribution in [3.8, 4) is 0 Å². The number of carbonyl (C=O) groups excluding carboxylic acids is 1. The Kier molecular flexibility index (Phi) is 3.76. The van der Waals surface area contributed by atoms with Crippen molar-refractivity contribution in [2.75, 3.05) is 11.9 Å². The molecule has 2 rings (SSSR count). The molecule has 0 spiro atoms. The fraction of sp³-hybridized carbons (Fsp3) is 0.462. The number of carbonyl (C=O) groups is 1. The number of aliphatic hydroxyl groups excluding tert-OH is 1. The first-order chi connectivity index (χ1) is 8.18. The van der Waals surface area contributed by atoms with Crippen LogP contribution in [0.3, 0.4) is 0 Å². The van der Waals surface area contributed by atoms with E-state index in [1.54, 1.807) is 19.1 Å². The molecule has 0 radical (unpaired) electrons. The molecule has 2 N–H and O–H groups in total. The number of ether oxygens (including phenoxy) is 1. The number of rotatable bonds is 3. The predicted molar refractivity (Wildman–Crippen MR) is 64.7 cm³/mol. The Morgan fingerprint density at radius 2 is 2.29 bits per heavy atom. The Morgan fingerprint density at radius 1 is 1.53 bits per heavy atom. The van der Waals surface area contributed by atoms with Crippen LogP contribution in [-0.4, -0.2) is 23.7 Å². The molecule has 4 heteroatoms. The summed E-state index contributed by atoms with van der Waals surface area (Å²) in [4.78, 5) is 11.9. The molecule has 17 heavy (non-hydrogen) atoms. The average molecular weight is 235 g/mol. The Labute approximate surface area is 101 Å². The average Bonchev–Trinajstić information content (AvgIpc) is 2.83. The molecule has 0 aliphatic carbocycles. The van der Waals surface area contributed by atoms with Gasteiger partial charge in [0.1, 0.15) is 6.10 Å². The zero-order valence-electron chi connectivity index (χ0n) is 9.85. The molecule has 0 saturated carbocycles. The smallest absolute Gasteiger partial charge is 0.253 e. The van der Waals surface area contributed by atoms with Crippen LogP contribution in [0.2, 0.25) is 0 Å². The molecular weight excluding hydrogens is 218 g/mol. The number of para-hydroxylation sites is 1. The molecule has 1 aromatic rings. The topological polar surface area (TPSA) is 58.6 Å². The maximum absolute atomic E-state index is 11.9. The molecule has 1 heterocycles. The Hall–Kier alpha value is -1.39. The minimum Gasteiger partial charge on any atom is -0.389 e. The predicted octanol–water partition coefficient (Wildman–Crippen LogP) is 1.86. The summed E-state index contributed by atoms with van der Waals surface area (Å²) in [5, 5.41) is 12.4. The van der Waals surface area contributed by atoms with Gasteiger partial charge in [-0.1, -0.05) is 18.2 Å². The van der Waals surface area contributed by atoms with Gasteiger partial charge in [0.05, 0.1) is 6.10 Å². The summed E-state index contributed by atoms with van der Waals surface area (Å²) in [7, 11) is 0. The van der Waals surface area contributed by atoms with Gasteiger partial charge in [-0.05, 0) is 25.8 Å². The third kappa shape index (κ3) is 2.84. The van der Waals surface area contributed by atoms with Crippen LogP contribution in [0.1, 0.15) is 31.4 Å². The first kappa shape index (κ1) is 12.1. The third-order valence-corrected chi connectivity index (χ3v) is 2.89. The van der Waals surface area contributed by atoms with Gasteiger partial charge in [-0.3, -0.25) is 4.79 Å². The highest BCUT2D eigenvalue weighted by molar-refractivity contribution is 5.95. The maximum atomic E-state index is 11.9. The van der Waals surface area contributed by atoms with E-state index in [0.717, 1.165) is 18.4 Å². The van der Waals surface area contributed by atoms with E-state index in [2.05, 4.69) is 5.32 Å². The van der Waals surface area contributed by atoms with E-state index in [1.807, 2.05) is 12.1 Å². The Bertz CT molecular complexity index is 397. The van der Waals surface area contributed by atoms with Crippen molar-refractivity contribution in [3.63, 3.8) is 0 Å². The van der Waals surface area contributed by atoms with Crippen LogP contribution in [0.15, 0.2) is 24.3 Å². The Morgan fingerprint density at radius 3 is 2.94 bits per heavy atom. The number of benzene rings is 1. The summed E-state index contributed by atoms with van der Waals surface area (Å²) < 4.78 is 5.31. The molecule has 1 fully saturated rings. The molecule has 0 aromatic heterocycles. The van der Waals surface area contributed by atoms with E-state index in [-0.39, 0.29) is 12.0 Å². The van der Waals surface area contributed by atoms with Crippen molar-refractivity contribution in [2.24, 2.45) is 0 Å². The van der Waals surface area contributed by atoms with E-state index in [9.17, 15) is 9.90 Å². The molecule has 4 nitrogen and oxygen atoms in total. The monoisotopic (exact) mass is 235 g/mol. The molecule has 92 valence electrons. The van der Waals surface area contributed by atoms with E-state index >= 15 is 0 Å². The minimum atomic E-state index is -0.601. The van der Waals surface area contributed by atoms with E-state index in [0.29, 0.717) is 12.3 Å². The first-order valence-corrected chi connectivity index (χ1v) is 5.88. The van der Waals surface area contributed by atoms with Crippen LogP contribution >= 0.6 is 0 Å². The third-order valence-electron chi connectivity index (χ3n) is 2.89. The van der Waals surface area contributed by atoms with E-state index in [1.165, 1.54) is 0 Å². The second-order valence-corrected chi connectivity index (χ2v) is 4.25. The zero-order valence-corrected chi connectivity index (χ0v) is 9.85. The van der Waals surface area contributed by atoms with Crippen LogP contribution < -0.4 is 5.32 Å². The SMILES string of the molecule is CC(O)c1ccccc1NC(=O)[C@H]1CCCO1. The van der Waals surface area contributed by atoms with Crippen molar-refractivity contribution in [2.45, 2.75) is 32.0 Å². The highest BCUT2D eigenvalue weighted by atomic mass is 16.5. The number of amides is 1. The fourth-order valence-corrected chi connectivity index (χ4v) is 1.97. The lowest BCUT2D eigenvalue weighted by Crippen LogP contribution is -2.27. The van der Waals surface area contributed by atoms with Gasteiger partial charge < -0.3 is 15.2 Å². The first-order valence-electron chi connectivity index (χ1n) is 5.88. The molecular formula is C13H17NO3. The van der Waals surface area contributed by atoms with Gasteiger partial charge >= 0.3 is 0 Å². The summed E-state index contributed by atoms with van der Waals surface area (Å²) >= 11 is 0. The number of nitrogens with one attached hydrogen (secondary N) is 1. The van der Waals surface area contributed by atoms with E-state index < -0.39 is 6.10 Å². The van der Waals surface area contributed by atoms with Gasteiger partial charge in [-0.25, -0.2) is 0 Å². The summed E-state index contributed by atoms with van der Waals surface area (Å²) in [6.45, 7) is 2.33. The van der Waals surface area contributed by atoms with Crippen LogP contribution in [0, 0.1) is 0 Å². The lowest BCUT2D eigenvalue weighted by Gasteiger charge is -2.15. The summed E-state index contributed by atoms with van der Waals surface area (Å²) in [6.07, 6.45) is 0.742. The molecule has 1 aliphatic heterocycles. The maximum Gasteiger partial charge on any atom is 0.253 e. The fourth-order valence-electron chi connectivity index (χ4n) is 1.97. The van der Waals surface area contributed by atoms with Gasteiger partial charge in [0.2, 0.25) is 0 Å². The molecule has 1 amide bonds. The van der Waals surface area contributed by atoms with Crippen molar-refractivity contribution in [3.05, 3.63) is 29.8 Å². The van der Waals surface area contributed by atoms with Crippen molar-refractivity contribution >= 4 is 11.6 Å². The molecule has 1 aromatic carbocycles. The molecule has 1 saturated heterocycles. The second kappa shape index (κ2) is 5.29. The molecule has 2 atom stereocenters. The van der Waals surface area contributed by atoms with Crippen molar-refractivity contribution in [1.29, 1.82) is 0 Å². The summed E-state index contributed by atoms with van der Waals surface area (Å²) in [5.41, 5.74) is 1.38. The minimum absolute atomic E-state index is 0.129. The van der Waals surface area contributed by atoms with Gasteiger partial charge in [0.25, 0.3) is 5.91 Å². The number of hydrogen-bond donors (Lipinski definition) is 2. The van der Waals surface area contributed by atoms with E-state index in [4.69, 9.17) is 4.74 Å². The Balaban J connectivity index is 2.09. The molecule has 1 aliphatic rings. The van der Waals surface area contributed by atoms with Crippen molar-refractivity contribution in [1.82, 2.24) is 0 Å². The number of hydrogen-bond acceptors (Lipinski definition) is 3. The lowest BCUT2D eigenvalue weighted by atomic mass is 10.1. The van der Waals surface area contributed by atoms with Gasteiger partial charge in [0, 0.05) is 17.9 Å². The summed E-state index contributed by atoms with van der Waals surface area (Å²) in [6, 6.07) is 7.26. The van der Waals surface area contributed by atoms with Crippen LogP contribution in [0.25, 0.3) is 0 Å². The van der Waals surface area contributed by atoms with Crippen LogP contribution in [0.5, 0.6) is 0 Å². The van der Waals surface area contributed by atoms with Gasteiger partial charge in [-0.2, -0.15) is 0 Å². The van der Waals surface area contributed by atoms with Gasteiger partial charge in [0.15, 0.2) is 0 Å². The molecule has 1 unspecified atom stereocenters. The number of aliphatic hydroxyl groups is 1. The quantitative estimate of drug-likeness (QED) is 0.840. The lowest BCUT2D eigenvalue weighted by molar-refractivity contribution is -0.124. The second-order valence-electron chi connectivity index (χ2n) is 4.25. The normalized spacial score (nSPS) is 21.2. The largest absolute Gasteiger partial charge is 0.389 e. The number of anilines is 1. The van der Waals surface area contributed by atoms with Crippen molar-refractivity contribution < 1.29 is 14.6 Å². The van der Waals surface area contributed by atoms with Crippen LogP contribution in [0.4, 0.5) is 5.69 Å². The standard InChI is InChI=1S/C13H17NO3/c1-9(15)10-5-2-3-6-11(10)14-13(16)12-7-4-8-17-12/h2-3,5-6,9,12,15H,4,7-8H2,1H3,(H,14,16)/t9?,12-/m1/s1. The zero-order chi connectivity index (χ0) is 12.3. The molecule has 0 bridgehead atoms. The van der Waals surface area contributed by atoms with Gasteiger partial charge in [-0.15, -0.1) is 0 Å². The van der Waals surface area contributed by atoms with Crippen LogP contribution in [-0.2, 0) is 9.53 Å². The highest BCUT2D eigenvalue weighted by Crippen LogP contribution is 2.23.